The summed E-state index contributed by atoms with van der Waals surface area (Å²) in [5, 5.41) is 12.1. The van der Waals surface area contributed by atoms with Crippen LogP contribution in [0.4, 0.5) is 0 Å². The molecule has 6 nitrogen and oxygen atoms in total. The topological polar surface area (TPSA) is 81.4 Å². The molecule has 0 radical (unpaired) electrons. The minimum atomic E-state index is -0.402. The van der Waals surface area contributed by atoms with Gasteiger partial charge in [0, 0.05) is 10.9 Å². The predicted molar refractivity (Wildman–Crippen MR) is 112 cm³/mol. The van der Waals surface area contributed by atoms with E-state index in [0.717, 1.165) is 16.8 Å². The Balaban J connectivity index is 1.89. The van der Waals surface area contributed by atoms with E-state index in [9.17, 15) is 10.1 Å². The first-order chi connectivity index (χ1) is 14.1. The Labute approximate surface area is 172 Å². The predicted octanol–water partition coefficient (Wildman–Crippen LogP) is 4.68. The van der Waals surface area contributed by atoms with Crippen molar-refractivity contribution in [1.29, 1.82) is 5.26 Å². The maximum atomic E-state index is 11.5. The highest BCUT2D eigenvalue weighted by atomic mass is 32.1. The number of rotatable bonds is 6. The Morgan fingerprint density at radius 2 is 1.79 bits per heavy atom. The van der Waals surface area contributed by atoms with Crippen LogP contribution in [0.3, 0.4) is 0 Å². The lowest BCUT2D eigenvalue weighted by atomic mass is 10.1. The van der Waals surface area contributed by atoms with Crippen molar-refractivity contribution < 1.29 is 19.0 Å². The van der Waals surface area contributed by atoms with Crippen LogP contribution in [0, 0.1) is 11.3 Å². The van der Waals surface area contributed by atoms with E-state index in [1.807, 2.05) is 23.6 Å². The number of ether oxygens (including phenoxy) is 3. The summed E-state index contributed by atoms with van der Waals surface area (Å²) < 4.78 is 15.3. The first-order valence-corrected chi connectivity index (χ1v) is 9.46. The molecule has 0 bridgehead atoms. The molecule has 0 aliphatic carbocycles. The highest BCUT2D eigenvalue weighted by Crippen LogP contribution is 2.33. The molecule has 0 unspecified atom stereocenters. The number of hydrogen-bond donors (Lipinski definition) is 0. The van der Waals surface area contributed by atoms with Crippen molar-refractivity contribution in [2.24, 2.45) is 0 Å². The maximum Gasteiger partial charge on any atom is 0.337 e. The summed E-state index contributed by atoms with van der Waals surface area (Å²) in [6.45, 7) is 0. The average molecular weight is 406 g/mol. The summed E-state index contributed by atoms with van der Waals surface area (Å²) >= 11 is 1.38. The van der Waals surface area contributed by atoms with Crippen LogP contribution in [-0.4, -0.2) is 32.3 Å². The molecule has 0 saturated carbocycles. The molecule has 0 fully saturated rings. The molecule has 3 aromatic rings. The van der Waals surface area contributed by atoms with E-state index < -0.39 is 5.97 Å². The largest absolute Gasteiger partial charge is 0.493 e. The number of thiazole rings is 1. The van der Waals surface area contributed by atoms with E-state index >= 15 is 0 Å². The zero-order valence-corrected chi connectivity index (χ0v) is 16.9. The van der Waals surface area contributed by atoms with Crippen LogP contribution >= 0.6 is 11.3 Å². The third-order valence-electron chi connectivity index (χ3n) is 4.18. The van der Waals surface area contributed by atoms with Crippen molar-refractivity contribution in [1.82, 2.24) is 4.98 Å². The highest BCUT2D eigenvalue weighted by molar-refractivity contribution is 7.11. The number of carbonyl (C=O) groups excluding carboxylic acids is 1. The lowest BCUT2D eigenvalue weighted by molar-refractivity contribution is 0.0600. The number of nitrogens with zero attached hydrogens (tertiary/aromatic N) is 2. The van der Waals surface area contributed by atoms with E-state index in [1.54, 1.807) is 44.6 Å². The van der Waals surface area contributed by atoms with Gasteiger partial charge in [0.15, 0.2) is 11.5 Å². The van der Waals surface area contributed by atoms with Gasteiger partial charge in [0.2, 0.25) is 0 Å². The molecule has 29 heavy (non-hydrogen) atoms. The Hall–Kier alpha value is -3.63. The second-order valence-corrected chi connectivity index (χ2v) is 6.75. The summed E-state index contributed by atoms with van der Waals surface area (Å²) in [6, 6.07) is 14.6. The second kappa shape index (κ2) is 9.04. The fourth-order valence-corrected chi connectivity index (χ4v) is 3.46. The maximum absolute atomic E-state index is 11.5. The quantitative estimate of drug-likeness (QED) is 0.437. The zero-order chi connectivity index (χ0) is 20.8. The highest BCUT2D eigenvalue weighted by Gasteiger charge is 2.12. The Kier molecular flexibility index (Phi) is 6.27. The lowest BCUT2D eigenvalue weighted by Gasteiger charge is -2.08. The number of nitriles is 1. The van der Waals surface area contributed by atoms with Crippen LogP contribution in [0.1, 0.15) is 20.9 Å². The van der Waals surface area contributed by atoms with E-state index in [2.05, 4.69) is 11.1 Å². The molecule has 0 aliphatic rings. The Bertz CT molecular complexity index is 1090. The molecule has 0 atom stereocenters. The number of esters is 1. The third kappa shape index (κ3) is 4.45. The third-order valence-corrected chi connectivity index (χ3v) is 5.05. The van der Waals surface area contributed by atoms with Crippen molar-refractivity contribution in [3.63, 3.8) is 0 Å². The zero-order valence-electron chi connectivity index (χ0n) is 16.1. The molecule has 146 valence electrons. The van der Waals surface area contributed by atoms with Crippen molar-refractivity contribution in [2.75, 3.05) is 21.3 Å². The minimum absolute atomic E-state index is 0.402. The second-order valence-electron chi connectivity index (χ2n) is 5.89. The number of carbonyl (C=O) groups is 1. The first kappa shape index (κ1) is 20.1. The number of aromatic nitrogens is 1. The van der Waals surface area contributed by atoms with Gasteiger partial charge in [-0.2, -0.15) is 5.26 Å². The van der Waals surface area contributed by atoms with Gasteiger partial charge in [-0.15, -0.1) is 11.3 Å². The molecule has 1 heterocycles. The molecule has 0 spiro atoms. The number of benzene rings is 2. The summed E-state index contributed by atoms with van der Waals surface area (Å²) in [7, 11) is 4.50. The van der Waals surface area contributed by atoms with Crippen LogP contribution < -0.4 is 9.47 Å². The molecule has 1 aromatic heterocycles. The molecule has 0 aliphatic heterocycles. The van der Waals surface area contributed by atoms with Crippen molar-refractivity contribution in [2.45, 2.75) is 0 Å². The number of hydrogen-bond acceptors (Lipinski definition) is 7. The molecular weight excluding hydrogens is 388 g/mol. The standard InChI is InChI=1S/C22H18N2O4S/c1-26-19-9-8-16(11-20(19)27-2)18-13-29-21(24-18)17(12-23)10-14-4-6-15(7-5-14)22(25)28-3/h4-11,13H,1-3H3. The fourth-order valence-electron chi connectivity index (χ4n) is 2.67. The molecule has 3 rings (SSSR count). The summed E-state index contributed by atoms with van der Waals surface area (Å²) in [6.07, 6.45) is 1.73. The Morgan fingerprint density at radius 3 is 2.41 bits per heavy atom. The summed E-state index contributed by atoms with van der Waals surface area (Å²) in [5.41, 5.74) is 3.29. The molecule has 0 saturated heterocycles. The van der Waals surface area contributed by atoms with Crippen LogP contribution in [0.5, 0.6) is 11.5 Å². The smallest absolute Gasteiger partial charge is 0.337 e. The van der Waals surface area contributed by atoms with Gasteiger partial charge >= 0.3 is 5.97 Å². The van der Waals surface area contributed by atoms with Crippen LogP contribution in [0.2, 0.25) is 0 Å². The summed E-state index contributed by atoms with van der Waals surface area (Å²) in [4.78, 5) is 16.1. The van der Waals surface area contributed by atoms with E-state index in [-0.39, 0.29) is 0 Å². The molecule has 0 amide bonds. The van der Waals surface area contributed by atoms with Crippen molar-refractivity contribution in [3.8, 4) is 28.8 Å². The average Bonchev–Trinajstić information content (AvgIpc) is 3.26. The van der Waals surface area contributed by atoms with Crippen molar-refractivity contribution in [3.05, 3.63) is 64.0 Å². The van der Waals surface area contributed by atoms with Gasteiger partial charge in [0.05, 0.1) is 38.2 Å². The monoisotopic (exact) mass is 406 g/mol. The van der Waals surface area contributed by atoms with Gasteiger partial charge in [0.25, 0.3) is 0 Å². The van der Waals surface area contributed by atoms with Crippen LogP contribution in [0.15, 0.2) is 47.8 Å². The van der Waals surface area contributed by atoms with Crippen LogP contribution in [0.25, 0.3) is 22.9 Å². The number of methoxy groups -OCH3 is 3. The molecule has 7 heteroatoms. The van der Waals surface area contributed by atoms with E-state index in [1.165, 1.54) is 18.4 Å². The molecule has 0 N–H and O–H groups in total. The van der Waals surface area contributed by atoms with Gasteiger partial charge in [-0.25, -0.2) is 9.78 Å². The van der Waals surface area contributed by atoms with Gasteiger partial charge in [0.1, 0.15) is 11.1 Å². The first-order valence-electron chi connectivity index (χ1n) is 8.58. The molecule has 2 aromatic carbocycles. The summed E-state index contributed by atoms with van der Waals surface area (Å²) in [5.74, 6) is 0.849. The normalized spacial score (nSPS) is 10.9. The van der Waals surface area contributed by atoms with Crippen molar-refractivity contribution >= 4 is 29.0 Å². The molecular formula is C22H18N2O4S. The minimum Gasteiger partial charge on any atom is -0.493 e. The van der Waals surface area contributed by atoms with Gasteiger partial charge in [-0.3, -0.25) is 0 Å². The number of allylic oxidation sites excluding steroid dienone is 1. The van der Waals surface area contributed by atoms with Crippen LogP contribution in [-0.2, 0) is 4.74 Å². The van der Waals surface area contributed by atoms with E-state index in [4.69, 9.17) is 14.2 Å². The lowest BCUT2D eigenvalue weighted by Crippen LogP contribution is -2.00. The SMILES string of the molecule is COC(=O)c1ccc(C=C(C#N)c2nc(-c3ccc(OC)c(OC)c3)cs2)cc1. The van der Waals surface area contributed by atoms with Gasteiger partial charge < -0.3 is 14.2 Å². The fraction of sp³-hybridized carbons (Fsp3) is 0.136. The Morgan fingerprint density at radius 1 is 1.07 bits per heavy atom. The van der Waals surface area contributed by atoms with E-state index in [0.29, 0.717) is 27.6 Å². The van der Waals surface area contributed by atoms with Gasteiger partial charge in [-0.05, 0) is 42.0 Å². The van der Waals surface area contributed by atoms with Gasteiger partial charge in [-0.1, -0.05) is 12.1 Å².